The van der Waals surface area contributed by atoms with Crippen LogP contribution in [0.15, 0.2) is 0 Å². The van der Waals surface area contributed by atoms with Crippen LogP contribution in [0.1, 0.15) is 163 Å². The average molecular weight is 569 g/mol. The lowest BCUT2D eigenvalue weighted by atomic mass is 10.1. The average Bonchev–Trinajstić information content (AvgIpc) is 2.75. The Morgan fingerprint density at radius 3 is 0.774 bits per heavy atom. The lowest BCUT2D eigenvalue weighted by Crippen LogP contribution is -3.00. The number of halogens is 1. The molecule has 0 saturated carbocycles. The van der Waals surface area contributed by atoms with Crippen LogP contribution in [0.2, 0.25) is 0 Å². The van der Waals surface area contributed by atoms with E-state index in [1.165, 1.54) is 116 Å². The van der Waals surface area contributed by atoms with Crippen molar-refractivity contribution in [3.63, 3.8) is 0 Å². The van der Waals surface area contributed by atoms with Gasteiger partial charge in [-0.15, -0.1) is 0 Å². The molecule has 0 N–H and O–H groups in total. The first-order valence-electron chi connectivity index (χ1n) is 14.6. The van der Waals surface area contributed by atoms with Crippen molar-refractivity contribution in [1.82, 2.24) is 0 Å². The molecular formula is C29H62IP. The highest BCUT2D eigenvalue weighted by molar-refractivity contribution is 7.75. The maximum Gasteiger partial charge on any atom is 0.0594 e. The van der Waals surface area contributed by atoms with Crippen molar-refractivity contribution in [3.05, 3.63) is 0 Å². The quantitative estimate of drug-likeness (QED) is 0.0591. The molecule has 0 aliphatic rings. The Labute approximate surface area is 217 Å². The molecule has 0 fully saturated rings. The van der Waals surface area contributed by atoms with E-state index in [1.807, 2.05) is 0 Å². The summed E-state index contributed by atoms with van der Waals surface area (Å²) in [5, 5.41) is 0. The third-order valence-electron chi connectivity index (χ3n) is 7.19. The van der Waals surface area contributed by atoms with Gasteiger partial charge in [0.2, 0.25) is 0 Å². The molecule has 190 valence electrons. The van der Waals surface area contributed by atoms with Crippen LogP contribution in [-0.4, -0.2) is 24.6 Å². The van der Waals surface area contributed by atoms with E-state index in [9.17, 15) is 0 Å². The van der Waals surface area contributed by atoms with Gasteiger partial charge in [0.1, 0.15) is 0 Å². The van der Waals surface area contributed by atoms with Crippen molar-refractivity contribution in [2.24, 2.45) is 0 Å². The van der Waals surface area contributed by atoms with E-state index in [1.54, 1.807) is 43.9 Å². The van der Waals surface area contributed by atoms with E-state index in [4.69, 9.17) is 0 Å². The highest BCUT2D eigenvalue weighted by atomic mass is 127. The van der Waals surface area contributed by atoms with Crippen molar-refractivity contribution in [1.29, 1.82) is 0 Å². The minimum Gasteiger partial charge on any atom is -1.00 e. The Morgan fingerprint density at radius 1 is 0.290 bits per heavy atom. The standard InChI is InChI=1S/C29H62P.HI/c1-5-9-13-16-19-23-27-30(26-22-12-8-4,28-24-20-17-14-10-6-2)29-25-21-18-15-11-7-3;/h5-29H2,1-4H3;1H/q+1;/p-1. The third kappa shape index (κ3) is 22.7. The Kier molecular flexibility index (Phi) is 30.3. The maximum absolute atomic E-state index is 2.38. The molecule has 0 amide bonds. The number of rotatable bonds is 25. The van der Waals surface area contributed by atoms with Crippen LogP contribution in [0.3, 0.4) is 0 Å². The maximum atomic E-state index is 2.38. The van der Waals surface area contributed by atoms with E-state index < -0.39 is 7.26 Å². The summed E-state index contributed by atoms with van der Waals surface area (Å²) in [6, 6.07) is 0. The van der Waals surface area contributed by atoms with Gasteiger partial charge in [-0.2, -0.15) is 0 Å². The van der Waals surface area contributed by atoms with Crippen molar-refractivity contribution < 1.29 is 24.0 Å². The molecule has 0 radical (unpaired) electrons. The molecule has 0 spiro atoms. The second-order valence-corrected chi connectivity index (χ2v) is 14.7. The van der Waals surface area contributed by atoms with Crippen LogP contribution >= 0.6 is 7.26 Å². The highest BCUT2D eigenvalue weighted by Gasteiger charge is 2.34. The second-order valence-electron chi connectivity index (χ2n) is 10.2. The van der Waals surface area contributed by atoms with Crippen molar-refractivity contribution in [2.45, 2.75) is 163 Å². The van der Waals surface area contributed by atoms with Gasteiger partial charge in [0.05, 0.1) is 24.6 Å². The fourth-order valence-electron chi connectivity index (χ4n) is 5.05. The Hall–Kier alpha value is 1.16. The molecule has 2 heteroatoms. The first kappa shape index (κ1) is 34.3. The molecule has 0 aromatic rings. The van der Waals surface area contributed by atoms with Crippen molar-refractivity contribution in [3.8, 4) is 0 Å². The molecule has 0 aromatic carbocycles. The van der Waals surface area contributed by atoms with Gasteiger partial charge in [-0.05, 0) is 44.9 Å². The summed E-state index contributed by atoms with van der Waals surface area (Å²) in [5.74, 6) is 0. The van der Waals surface area contributed by atoms with E-state index in [2.05, 4.69) is 27.7 Å². The molecule has 0 bridgehead atoms. The summed E-state index contributed by atoms with van der Waals surface area (Å²) >= 11 is 0. The van der Waals surface area contributed by atoms with Crippen LogP contribution in [0.25, 0.3) is 0 Å². The van der Waals surface area contributed by atoms with Gasteiger partial charge < -0.3 is 24.0 Å². The summed E-state index contributed by atoms with van der Waals surface area (Å²) in [6.07, 6.45) is 37.6. The molecule has 0 unspecified atom stereocenters. The number of hydrogen-bond acceptors (Lipinski definition) is 0. The topological polar surface area (TPSA) is 0 Å². The zero-order valence-corrected chi connectivity index (χ0v) is 25.6. The summed E-state index contributed by atoms with van der Waals surface area (Å²) in [7, 11) is -0.693. The SMILES string of the molecule is CCCCCCCC[P+](CCCCC)(CCCCCCCC)CCCCCCCC.[I-]. The minimum atomic E-state index is -0.693. The Bertz CT molecular complexity index is 277. The van der Waals surface area contributed by atoms with E-state index in [-0.39, 0.29) is 24.0 Å². The molecular weight excluding hydrogens is 506 g/mol. The Morgan fingerprint density at radius 2 is 0.484 bits per heavy atom. The molecule has 0 atom stereocenters. The lowest BCUT2D eigenvalue weighted by molar-refractivity contribution is -0.00000690. The predicted molar refractivity (Wildman–Crippen MR) is 146 cm³/mol. The highest BCUT2D eigenvalue weighted by Crippen LogP contribution is 2.61. The number of hydrogen-bond donors (Lipinski definition) is 0. The van der Waals surface area contributed by atoms with Gasteiger partial charge >= 0.3 is 0 Å². The van der Waals surface area contributed by atoms with Gasteiger partial charge in [-0.25, -0.2) is 0 Å². The zero-order valence-electron chi connectivity index (χ0n) is 22.5. The van der Waals surface area contributed by atoms with Crippen molar-refractivity contribution >= 4 is 7.26 Å². The van der Waals surface area contributed by atoms with Crippen LogP contribution in [0.5, 0.6) is 0 Å². The molecule has 0 saturated heterocycles. The summed E-state index contributed by atoms with van der Waals surface area (Å²) in [4.78, 5) is 0. The minimum absolute atomic E-state index is 0. The molecule has 0 aliphatic carbocycles. The fraction of sp³-hybridized carbons (Fsp3) is 1.00. The van der Waals surface area contributed by atoms with Gasteiger partial charge in [-0.1, -0.05) is 118 Å². The monoisotopic (exact) mass is 568 g/mol. The fourth-order valence-corrected chi connectivity index (χ4v) is 9.97. The normalized spacial score (nSPS) is 11.6. The van der Waals surface area contributed by atoms with Gasteiger partial charge in [0, 0.05) is 7.26 Å². The Balaban J connectivity index is 0. The smallest absolute Gasteiger partial charge is 0.0594 e. The van der Waals surface area contributed by atoms with Crippen LogP contribution in [-0.2, 0) is 0 Å². The van der Waals surface area contributed by atoms with E-state index in [0.29, 0.717) is 0 Å². The molecule has 0 aliphatic heterocycles. The summed E-state index contributed by atoms with van der Waals surface area (Å²) < 4.78 is 0. The second kappa shape index (κ2) is 27.4. The molecule has 0 rings (SSSR count). The van der Waals surface area contributed by atoms with Crippen molar-refractivity contribution in [2.75, 3.05) is 24.6 Å². The van der Waals surface area contributed by atoms with Gasteiger partial charge in [0.15, 0.2) is 0 Å². The molecule has 31 heavy (non-hydrogen) atoms. The van der Waals surface area contributed by atoms with E-state index >= 15 is 0 Å². The van der Waals surface area contributed by atoms with Gasteiger partial charge in [0.25, 0.3) is 0 Å². The predicted octanol–water partition coefficient (Wildman–Crippen LogP) is 8.28. The summed E-state index contributed by atoms with van der Waals surface area (Å²) in [6.45, 7) is 9.40. The van der Waals surface area contributed by atoms with Crippen LogP contribution in [0, 0.1) is 0 Å². The lowest BCUT2D eigenvalue weighted by Gasteiger charge is -2.28. The first-order chi connectivity index (χ1) is 14.7. The number of unbranched alkanes of at least 4 members (excludes halogenated alkanes) is 17. The molecule has 0 heterocycles. The van der Waals surface area contributed by atoms with Crippen LogP contribution in [0.4, 0.5) is 0 Å². The third-order valence-corrected chi connectivity index (χ3v) is 12.3. The molecule has 0 aromatic heterocycles. The zero-order chi connectivity index (χ0) is 22.2. The molecule has 0 nitrogen and oxygen atoms in total. The van der Waals surface area contributed by atoms with Gasteiger partial charge in [-0.3, -0.25) is 0 Å². The van der Waals surface area contributed by atoms with Crippen LogP contribution < -0.4 is 24.0 Å². The largest absolute Gasteiger partial charge is 1.00 e. The summed E-state index contributed by atoms with van der Waals surface area (Å²) in [5.41, 5.74) is 0. The first-order valence-corrected chi connectivity index (χ1v) is 17.1. The van der Waals surface area contributed by atoms with E-state index in [0.717, 1.165) is 0 Å².